The summed E-state index contributed by atoms with van der Waals surface area (Å²) in [5.74, 6) is -0.358. The zero-order chi connectivity index (χ0) is 32.3. The lowest BCUT2D eigenvalue weighted by Gasteiger charge is -2.39. The number of aliphatic hydroxyl groups excluding tert-OH is 4. The fourth-order valence-electron chi connectivity index (χ4n) is 4.34. The van der Waals surface area contributed by atoms with Gasteiger partial charge in [-0.05, 0) is 57.8 Å². The van der Waals surface area contributed by atoms with Crippen LogP contribution in [0.25, 0.3) is 0 Å². The van der Waals surface area contributed by atoms with E-state index in [9.17, 15) is 25.2 Å². The molecule has 6 unspecified atom stereocenters. The van der Waals surface area contributed by atoms with Crippen LogP contribution in [0, 0.1) is 0 Å². The molecule has 0 aromatic carbocycles. The van der Waals surface area contributed by atoms with E-state index in [-0.39, 0.29) is 25.6 Å². The molecular formula is C35H58O9. The molecule has 4 N–H and O–H groups in total. The van der Waals surface area contributed by atoms with Crippen LogP contribution in [0.5, 0.6) is 0 Å². The van der Waals surface area contributed by atoms with Crippen molar-refractivity contribution in [1.29, 1.82) is 0 Å². The van der Waals surface area contributed by atoms with Gasteiger partial charge in [-0.1, -0.05) is 87.4 Å². The van der Waals surface area contributed by atoms with Crippen molar-refractivity contribution in [3.05, 3.63) is 60.8 Å². The summed E-state index contributed by atoms with van der Waals surface area (Å²) in [5.41, 5.74) is 0. The maximum atomic E-state index is 12.3. The number of rotatable bonds is 25. The molecule has 0 spiro atoms. The molecule has 0 radical (unpaired) electrons. The van der Waals surface area contributed by atoms with E-state index < -0.39 is 43.4 Å². The molecule has 0 aromatic rings. The normalized spacial score (nSPS) is 23.6. The molecule has 0 bridgehead atoms. The van der Waals surface area contributed by atoms with E-state index in [0.29, 0.717) is 6.61 Å². The molecule has 6 atom stereocenters. The van der Waals surface area contributed by atoms with Crippen LogP contribution in [0.3, 0.4) is 0 Å². The number of ether oxygens (including phenoxy) is 4. The van der Waals surface area contributed by atoms with E-state index in [0.717, 1.165) is 70.6 Å². The molecular weight excluding hydrogens is 564 g/mol. The molecule has 252 valence electrons. The molecule has 1 fully saturated rings. The van der Waals surface area contributed by atoms with Crippen molar-refractivity contribution in [2.24, 2.45) is 0 Å². The summed E-state index contributed by atoms with van der Waals surface area (Å²) in [7, 11) is 0. The van der Waals surface area contributed by atoms with Crippen LogP contribution < -0.4 is 0 Å². The van der Waals surface area contributed by atoms with E-state index >= 15 is 0 Å². The predicted molar refractivity (Wildman–Crippen MR) is 173 cm³/mol. The van der Waals surface area contributed by atoms with Crippen LogP contribution in [0.1, 0.15) is 90.9 Å². The average Bonchev–Trinajstić information content (AvgIpc) is 3.02. The minimum Gasteiger partial charge on any atom is -0.457 e. The molecule has 1 saturated heterocycles. The Kier molecular flexibility index (Phi) is 24.7. The number of allylic oxidation sites excluding steroid dienone is 10. The summed E-state index contributed by atoms with van der Waals surface area (Å²) >= 11 is 0. The van der Waals surface area contributed by atoms with Crippen LogP contribution in [-0.4, -0.2) is 89.6 Å². The van der Waals surface area contributed by atoms with Crippen molar-refractivity contribution in [2.45, 2.75) is 128 Å². The Morgan fingerprint density at radius 1 is 0.750 bits per heavy atom. The highest BCUT2D eigenvalue weighted by Crippen LogP contribution is 2.22. The average molecular weight is 623 g/mol. The Morgan fingerprint density at radius 3 is 1.95 bits per heavy atom. The third-order valence-corrected chi connectivity index (χ3v) is 6.95. The molecule has 0 aromatic heterocycles. The first-order valence-electron chi connectivity index (χ1n) is 16.4. The number of unbranched alkanes of at least 4 members (excludes halogenated alkanes) is 4. The molecule has 0 aliphatic carbocycles. The molecule has 9 nitrogen and oxygen atoms in total. The first-order valence-corrected chi connectivity index (χ1v) is 16.4. The van der Waals surface area contributed by atoms with Crippen molar-refractivity contribution in [2.75, 3.05) is 26.4 Å². The Morgan fingerprint density at radius 2 is 1.36 bits per heavy atom. The van der Waals surface area contributed by atoms with Gasteiger partial charge in [-0.3, -0.25) is 4.79 Å². The molecule has 44 heavy (non-hydrogen) atoms. The maximum Gasteiger partial charge on any atom is 0.306 e. The lowest BCUT2D eigenvalue weighted by molar-refractivity contribution is -0.305. The SMILES string of the molecule is CC/C=C\C/C=C\C/C=C\C/C=C\C/C=C\CCCCOCC(COC1OC(CO)C(O)C(O)C1O)OC(=O)CCCCC. The first kappa shape index (κ1) is 39.9. The van der Waals surface area contributed by atoms with Gasteiger partial charge in [0.1, 0.15) is 30.5 Å². The second-order valence-electron chi connectivity index (χ2n) is 10.9. The summed E-state index contributed by atoms with van der Waals surface area (Å²) in [6.07, 6.45) is 24.8. The van der Waals surface area contributed by atoms with Crippen molar-refractivity contribution in [3.63, 3.8) is 0 Å². The standard InChI is InChI=1S/C35H58O9/c1-3-5-7-8-9-10-11-12-13-14-15-16-17-18-19-20-21-23-25-41-27-29(43-31(37)24-22-6-4-2)28-42-35-34(40)33(39)32(38)30(26-36)44-35/h5,7,9-10,12-13,15-16,18-19,29-30,32-36,38-40H,3-4,6,8,11,14,17,20-28H2,1-2H3/b7-5-,10-9-,13-12-,16-15-,19-18-. The molecule has 1 aliphatic rings. The highest BCUT2D eigenvalue weighted by atomic mass is 16.7. The minimum absolute atomic E-state index is 0.110. The highest BCUT2D eigenvalue weighted by Gasteiger charge is 2.44. The van der Waals surface area contributed by atoms with Gasteiger partial charge in [0.05, 0.1) is 19.8 Å². The van der Waals surface area contributed by atoms with Crippen molar-refractivity contribution < 1.29 is 44.2 Å². The Bertz CT molecular complexity index is 849. The summed E-state index contributed by atoms with van der Waals surface area (Å²) in [4.78, 5) is 12.3. The number of aliphatic hydroxyl groups is 4. The smallest absolute Gasteiger partial charge is 0.306 e. The van der Waals surface area contributed by atoms with Gasteiger partial charge in [-0.15, -0.1) is 0 Å². The van der Waals surface area contributed by atoms with Crippen molar-refractivity contribution in [1.82, 2.24) is 0 Å². The summed E-state index contributed by atoms with van der Waals surface area (Å²) in [6, 6.07) is 0. The van der Waals surface area contributed by atoms with E-state index in [1.54, 1.807) is 0 Å². The highest BCUT2D eigenvalue weighted by molar-refractivity contribution is 5.69. The van der Waals surface area contributed by atoms with Crippen LogP contribution in [0.2, 0.25) is 0 Å². The predicted octanol–water partition coefficient (Wildman–Crippen LogP) is 5.23. The van der Waals surface area contributed by atoms with Gasteiger partial charge in [0, 0.05) is 13.0 Å². The van der Waals surface area contributed by atoms with Crippen molar-refractivity contribution >= 4 is 5.97 Å². The number of carbonyl (C=O) groups excluding carboxylic acids is 1. The van der Waals surface area contributed by atoms with Gasteiger partial charge in [0.25, 0.3) is 0 Å². The second kappa shape index (κ2) is 27.2. The van der Waals surface area contributed by atoms with E-state index in [2.05, 4.69) is 74.6 Å². The van der Waals surface area contributed by atoms with Gasteiger partial charge in [0.2, 0.25) is 0 Å². The maximum absolute atomic E-state index is 12.3. The zero-order valence-corrected chi connectivity index (χ0v) is 26.9. The van der Waals surface area contributed by atoms with E-state index in [1.165, 1.54) is 0 Å². The number of hydrogen-bond acceptors (Lipinski definition) is 9. The Hall–Kier alpha value is -2.11. The summed E-state index contributed by atoms with van der Waals surface area (Å²) in [5, 5.41) is 39.5. The zero-order valence-electron chi connectivity index (χ0n) is 26.9. The molecule has 1 aliphatic heterocycles. The topological polar surface area (TPSA) is 135 Å². The Labute approximate surface area is 264 Å². The summed E-state index contributed by atoms with van der Waals surface area (Å²) in [6.45, 7) is 4.11. The Balaban J connectivity index is 2.29. The van der Waals surface area contributed by atoms with Gasteiger partial charge in [-0.25, -0.2) is 0 Å². The largest absolute Gasteiger partial charge is 0.457 e. The van der Waals surface area contributed by atoms with Gasteiger partial charge in [0.15, 0.2) is 6.29 Å². The quantitative estimate of drug-likeness (QED) is 0.0613. The third-order valence-electron chi connectivity index (χ3n) is 6.95. The molecule has 0 saturated carbocycles. The van der Waals surface area contributed by atoms with Crippen LogP contribution in [0.15, 0.2) is 60.8 Å². The van der Waals surface area contributed by atoms with Gasteiger partial charge >= 0.3 is 5.97 Å². The molecule has 1 heterocycles. The van der Waals surface area contributed by atoms with E-state index in [1.807, 2.05) is 0 Å². The number of esters is 1. The van der Waals surface area contributed by atoms with Gasteiger partial charge in [-0.2, -0.15) is 0 Å². The molecule has 1 rings (SSSR count). The lowest BCUT2D eigenvalue weighted by atomic mass is 9.99. The summed E-state index contributed by atoms with van der Waals surface area (Å²) < 4.78 is 22.3. The van der Waals surface area contributed by atoms with Gasteiger partial charge < -0.3 is 39.4 Å². The van der Waals surface area contributed by atoms with Crippen LogP contribution in [0.4, 0.5) is 0 Å². The lowest BCUT2D eigenvalue weighted by Crippen LogP contribution is -2.59. The molecule has 0 amide bonds. The second-order valence-corrected chi connectivity index (χ2v) is 10.9. The van der Waals surface area contributed by atoms with E-state index in [4.69, 9.17) is 18.9 Å². The van der Waals surface area contributed by atoms with Crippen LogP contribution >= 0.6 is 0 Å². The minimum atomic E-state index is -1.54. The molecule has 9 heteroatoms. The van der Waals surface area contributed by atoms with Crippen molar-refractivity contribution in [3.8, 4) is 0 Å². The fourth-order valence-corrected chi connectivity index (χ4v) is 4.34. The number of hydrogen-bond donors (Lipinski definition) is 4. The third kappa shape index (κ3) is 19.3. The first-order chi connectivity index (χ1) is 21.4. The fraction of sp³-hybridized carbons (Fsp3) is 0.686. The van der Waals surface area contributed by atoms with Crippen LogP contribution in [-0.2, 0) is 23.7 Å². The monoisotopic (exact) mass is 622 g/mol. The number of carbonyl (C=O) groups is 1.